The molecule has 1 heterocycles. The summed E-state index contributed by atoms with van der Waals surface area (Å²) in [4.78, 5) is 8.31. The van der Waals surface area contributed by atoms with Gasteiger partial charge >= 0.3 is 0 Å². The van der Waals surface area contributed by atoms with E-state index in [2.05, 4.69) is 93.1 Å². The lowest BCUT2D eigenvalue weighted by molar-refractivity contribution is 0.206. The van der Waals surface area contributed by atoms with Gasteiger partial charge in [-0.25, -0.2) is 9.97 Å². The SMILES string of the molecule is C/C=C(/c1cccc(C)c1)c1c(C)ncnc1N.CCC1CC(C)C1.CCCCCO.CCc1ccccc1. The van der Waals surface area contributed by atoms with E-state index in [4.69, 9.17) is 10.8 Å². The number of nitrogens with two attached hydrogens (primary N) is 1. The second kappa shape index (κ2) is 20.0. The third-order valence-corrected chi connectivity index (χ3v) is 7.01. The van der Waals surface area contributed by atoms with Crippen LogP contribution in [0.2, 0.25) is 0 Å². The number of aryl methyl sites for hydroxylation is 3. The molecule has 0 radical (unpaired) electrons. The Hall–Kier alpha value is -2.98. The lowest BCUT2D eigenvalue weighted by Crippen LogP contribution is -2.19. The molecule has 1 aromatic heterocycles. The van der Waals surface area contributed by atoms with Crippen molar-refractivity contribution in [1.82, 2.24) is 9.97 Å². The summed E-state index contributed by atoms with van der Waals surface area (Å²) >= 11 is 0. The van der Waals surface area contributed by atoms with Crippen LogP contribution in [0, 0.1) is 25.7 Å². The number of unbranched alkanes of at least 4 members (excludes halogenated alkanes) is 2. The minimum absolute atomic E-state index is 0.355. The van der Waals surface area contributed by atoms with Gasteiger partial charge in [0, 0.05) is 12.2 Å². The van der Waals surface area contributed by atoms with E-state index in [1.807, 2.05) is 26.0 Å². The number of rotatable bonds is 7. The molecule has 0 unspecified atom stereocenters. The molecule has 1 fully saturated rings. The Bertz CT molecular complexity index is 1050. The molecule has 1 aliphatic rings. The average molecular weight is 532 g/mol. The van der Waals surface area contributed by atoms with Crippen molar-refractivity contribution in [2.45, 2.75) is 93.4 Å². The molecule has 0 aliphatic heterocycles. The van der Waals surface area contributed by atoms with E-state index in [1.54, 1.807) is 0 Å². The van der Waals surface area contributed by atoms with E-state index >= 15 is 0 Å². The zero-order chi connectivity index (χ0) is 29.0. The van der Waals surface area contributed by atoms with Crippen molar-refractivity contribution < 1.29 is 5.11 Å². The van der Waals surface area contributed by atoms with Crippen molar-refractivity contribution in [2.75, 3.05) is 12.3 Å². The standard InChI is InChI=1S/C15H17N3.C8H10.C7H14.C5H12O/c1-4-13(12-7-5-6-10(2)8-12)14-11(3)17-9-18-15(14)16;1-2-8-6-4-3-5-7-8;1-3-7-4-6(2)5-7;1-2-3-4-5-6/h4-9H,1-3H3,(H2,16,17,18);3-7H,2H2,1H3;6-7H,3-5H2,1-2H3;6H,2-5H2,1H3/b13-4-;;;. The van der Waals surface area contributed by atoms with Crippen LogP contribution in [0.4, 0.5) is 5.82 Å². The molecule has 0 atom stereocenters. The maximum Gasteiger partial charge on any atom is 0.134 e. The Balaban J connectivity index is 0.000000299. The van der Waals surface area contributed by atoms with Gasteiger partial charge in [-0.1, -0.05) is 113 Å². The molecule has 0 saturated heterocycles. The second-order valence-corrected chi connectivity index (χ2v) is 10.4. The Labute approximate surface area is 238 Å². The van der Waals surface area contributed by atoms with Crippen molar-refractivity contribution in [1.29, 1.82) is 0 Å². The fourth-order valence-electron chi connectivity index (χ4n) is 4.57. The Morgan fingerprint density at radius 1 is 0.974 bits per heavy atom. The highest BCUT2D eigenvalue weighted by atomic mass is 16.2. The van der Waals surface area contributed by atoms with Crippen LogP contribution in [0.1, 0.15) is 101 Å². The lowest BCUT2D eigenvalue weighted by Gasteiger charge is -2.31. The third kappa shape index (κ3) is 13.1. The van der Waals surface area contributed by atoms with E-state index < -0.39 is 0 Å². The van der Waals surface area contributed by atoms with Crippen molar-refractivity contribution in [2.24, 2.45) is 11.8 Å². The van der Waals surface area contributed by atoms with E-state index in [9.17, 15) is 0 Å². The summed E-state index contributed by atoms with van der Waals surface area (Å²) in [6.45, 7) is 15.3. The Morgan fingerprint density at radius 2 is 1.67 bits per heavy atom. The van der Waals surface area contributed by atoms with Gasteiger partial charge in [0.2, 0.25) is 0 Å². The zero-order valence-corrected chi connectivity index (χ0v) is 25.6. The van der Waals surface area contributed by atoms with Crippen molar-refractivity contribution in [3.63, 3.8) is 0 Å². The summed E-state index contributed by atoms with van der Waals surface area (Å²) < 4.78 is 0. The molecule has 214 valence electrons. The quantitative estimate of drug-likeness (QED) is 0.298. The van der Waals surface area contributed by atoms with Crippen LogP contribution in [0.15, 0.2) is 67.0 Å². The average Bonchev–Trinajstić information content (AvgIpc) is 2.93. The number of benzene rings is 2. The summed E-state index contributed by atoms with van der Waals surface area (Å²) in [5.41, 5.74) is 12.7. The highest BCUT2D eigenvalue weighted by molar-refractivity contribution is 5.85. The summed E-state index contributed by atoms with van der Waals surface area (Å²) in [5, 5.41) is 8.20. The first-order valence-electron chi connectivity index (χ1n) is 14.8. The molecule has 0 spiro atoms. The molecular weight excluding hydrogens is 478 g/mol. The monoisotopic (exact) mass is 531 g/mol. The van der Waals surface area contributed by atoms with Gasteiger partial charge in [-0.05, 0) is 75.0 Å². The van der Waals surface area contributed by atoms with Crippen LogP contribution in [0.5, 0.6) is 0 Å². The fraction of sp³-hybridized carbons (Fsp3) is 0.486. The third-order valence-electron chi connectivity index (χ3n) is 7.01. The largest absolute Gasteiger partial charge is 0.396 e. The maximum atomic E-state index is 8.20. The number of allylic oxidation sites excluding steroid dienone is 1. The number of aliphatic hydroxyl groups is 1. The lowest BCUT2D eigenvalue weighted by atomic mass is 9.75. The molecule has 39 heavy (non-hydrogen) atoms. The topological polar surface area (TPSA) is 72.0 Å². The number of nitrogens with zero attached hydrogens (tertiary/aromatic N) is 2. The smallest absolute Gasteiger partial charge is 0.134 e. The summed E-state index contributed by atoms with van der Waals surface area (Å²) in [5.74, 6) is 2.66. The number of nitrogen functional groups attached to an aromatic ring is 1. The van der Waals surface area contributed by atoms with Gasteiger partial charge in [0.05, 0.1) is 5.69 Å². The molecule has 4 rings (SSSR count). The number of hydrogen-bond donors (Lipinski definition) is 2. The van der Waals surface area contributed by atoms with E-state index in [0.29, 0.717) is 12.4 Å². The first-order chi connectivity index (χ1) is 18.8. The molecular formula is C35H53N3O. The van der Waals surface area contributed by atoms with E-state index in [1.165, 1.54) is 43.1 Å². The highest BCUT2D eigenvalue weighted by Crippen LogP contribution is 2.34. The van der Waals surface area contributed by atoms with Gasteiger partial charge in [-0.2, -0.15) is 0 Å². The Morgan fingerprint density at radius 3 is 2.08 bits per heavy atom. The number of hydrogen-bond acceptors (Lipinski definition) is 4. The van der Waals surface area contributed by atoms with E-state index in [-0.39, 0.29) is 0 Å². The molecule has 0 amide bonds. The van der Waals surface area contributed by atoms with Gasteiger partial charge < -0.3 is 10.8 Å². The van der Waals surface area contributed by atoms with Crippen LogP contribution in [0.25, 0.3) is 5.57 Å². The summed E-state index contributed by atoms with van der Waals surface area (Å²) in [6.07, 6.45) is 12.4. The minimum atomic E-state index is 0.355. The predicted molar refractivity (Wildman–Crippen MR) is 170 cm³/mol. The molecule has 0 bridgehead atoms. The van der Waals surface area contributed by atoms with Crippen molar-refractivity contribution in [3.8, 4) is 0 Å². The minimum Gasteiger partial charge on any atom is -0.396 e. The summed E-state index contributed by atoms with van der Waals surface area (Å²) in [6, 6.07) is 18.8. The summed E-state index contributed by atoms with van der Waals surface area (Å²) in [7, 11) is 0. The Kier molecular flexibility index (Phi) is 17.5. The molecule has 2 aromatic carbocycles. The second-order valence-electron chi connectivity index (χ2n) is 10.4. The molecule has 1 saturated carbocycles. The number of aliphatic hydroxyl groups excluding tert-OH is 1. The molecule has 4 nitrogen and oxygen atoms in total. The van der Waals surface area contributed by atoms with Crippen molar-refractivity contribution in [3.05, 3.63) is 94.9 Å². The molecule has 4 heteroatoms. The van der Waals surface area contributed by atoms with Crippen LogP contribution < -0.4 is 5.73 Å². The predicted octanol–water partition coefficient (Wildman–Crippen LogP) is 8.99. The van der Waals surface area contributed by atoms with Gasteiger partial charge in [-0.3, -0.25) is 0 Å². The molecule has 3 N–H and O–H groups in total. The number of aromatic nitrogens is 2. The zero-order valence-electron chi connectivity index (χ0n) is 25.6. The highest BCUT2D eigenvalue weighted by Gasteiger charge is 2.22. The van der Waals surface area contributed by atoms with E-state index in [0.717, 1.165) is 53.5 Å². The van der Waals surface area contributed by atoms with Gasteiger partial charge in [0.25, 0.3) is 0 Å². The van der Waals surface area contributed by atoms with Crippen LogP contribution in [-0.2, 0) is 6.42 Å². The number of anilines is 1. The maximum absolute atomic E-state index is 8.20. The normalized spacial score (nSPS) is 15.8. The van der Waals surface area contributed by atoms with Gasteiger partial charge in [-0.15, -0.1) is 0 Å². The van der Waals surface area contributed by atoms with Crippen LogP contribution in [0.3, 0.4) is 0 Å². The first kappa shape index (κ1) is 34.0. The van der Waals surface area contributed by atoms with Crippen LogP contribution >= 0.6 is 0 Å². The van der Waals surface area contributed by atoms with Gasteiger partial charge in [0.1, 0.15) is 12.1 Å². The van der Waals surface area contributed by atoms with Gasteiger partial charge in [0.15, 0.2) is 0 Å². The van der Waals surface area contributed by atoms with Crippen LogP contribution in [-0.4, -0.2) is 21.7 Å². The molecule has 3 aromatic rings. The van der Waals surface area contributed by atoms with Crippen molar-refractivity contribution >= 4 is 11.4 Å². The first-order valence-corrected chi connectivity index (χ1v) is 14.8. The molecule has 1 aliphatic carbocycles. The fourth-order valence-corrected chi connectivity index (χ4v) is 4.57.